The number of aromatic nitrogens is 3. The van der Waals surface area contributed by atoms with E-state index < -0.39 is 0 Å². The Hall–Kier alpha value is -3.16. The van der Waals surface area contributed by atoms with Crippen molar-refractivity contribution in [1.29, 1.82) is 0 Å². The Kier molecular flexibility index (Phi) is 4.86. The van der Waals surface area contributed by atoms with Crippen LogP contribution in [0.1, 0.15) is 12.8 Å². The molecule has 0 bridgehead atoms. The van der Waals surface area contributed by atoms with E-state index in [9.17, 15) is 9.18 Å². The zero-order chi connectivity index (χ0) is 18.6. The van der Waals surface area contributed by atoms with Gasteiger partial charge >= 0.3 is 0 Å². The van der Waals surface area contributed by atoms with Crippen molar-refractivity contribution >= 4 is 28.4 Å². The van der Waals surface area contributed by atoms with Gasteiger partial charge in [0.05, 0.1) is 11.9 Å². The number of nitrogens with zero attached hydrogens (tertiary/aromatic N) is 3. The monoisotopic (exact) mass is 368 g/mol. The molecule has 1 aliphatic rings. The number of piperidine rings is 1. The molecule has 3 heterocycles. The highest BCUT2D eigenvalue weighted by molar-refractivity contribution is 5.87. The summed E-state index contributed by atoms with van der Waals surface area (Å²) >= 11 is 0. The van der Waals surface area contributed by atoms with Crippen LogP contribution in [0.4, 0.5) is 15.9 Å². The molecule has 1 amide bonds. The third-order valence-electron chi connectivity index (χ3n) is 4.74. The number of carbonyl (C=O) groups excluding carboxylic acids is 1. The molecule has 2 aromatic heterocycles. The second kappa shape index (κ2) is 7.61. The normalized spacial score (nSPS) is 17.1. The molecule has 1 aromatic carbocycles. The predicted octanol–water partition coefficient (Wildman–Crippen LogP) is 2.61. The summed E-state index contributed by atoms with van der Waals surface area (Å²) in [6, 6.07) is 8.19. The van der Waals surface area contributed by atoms with E-state index in [0.717, 1.165) is 36.2 Å². The highest BCUT2D eigenvalue weighted by Gasteiger charge is 2.24. The fourth-order valence-corrected chi connectivity index (χ4v) is 3.39. The van der Waals surface area contributed by atoms with Gasteiger partial charge in [-0.05, 0) is 37.1 Å². The summed E-state index contributed by atoms with van der Waals surface area (Å²) in [7, 11) is 0. The van der Waals surface area contributed by atoms with Crippen molar-refractivity contribution in [2.75, 3.05) is 30.3 Å². The van der Waals surface area contributed by atoms with Crippen molar-refractivity contribution in [3.05, 3.63) is 48.7 Å². The highest BCUT2D eigenvalue weighted by atomic mass is 19.1. The first-order valence-electron chi connectivity index (χ1n) is 9.01. The van der Waals surface area contributed by atoms with Gasteiger partial charge in [-0.2, -0.15) is 0 Å². The summed E-state index contributed by atoms with van der Waals surface area (Å²) in [6.45, 7) is 1.48. The molecule has 0 spiro atoms. The number of amides is 1. The molecule has 8 heteroatoms. The first-order chi connectivity index (χ1) is 13.2. The average molecular weight is 368 g/mol. The van der Waals surface area contributed by atoms with Gasteiger partial charge in [0.15, 0.2) is 0 Å². The lowest BCUT2D eigenvalue weighted by atomic mass is 10.1. The number of rotatable bonds is 5. The van der Waals surface area contributed by atoms with Crippen LogP contribution in [0.15, 0.2) is 42.9 Å². The minimum absolute atomic E-state index is 0.000222. The Morgan fingerprint density at radius 2 is 2.26 bits per heavy atom. The van der Waals surface area contributed by atoms with E-state index in [1.807, 2.05) is 17.2 Å². The lowest BCUT2D eigenvalue weighted by Gasteiger charge is -2.33. The third-order valence-corrected chi connectivity index (χ3v) is 4.74. The number of halogens is 1. The van der Waals surface area contributed by atoms with Gasteiger partial charge in [-0.25, -0.2) is 14.4 Å². The van der Waals surface area contributed by atoms with Crippen LogP contribution >= 0.6 is 0 Å². The molecule has 1 fully saturated rings. The maximum atomic E-state index is 13.2. The zero-order valence-electron chi connectivity index (χ0n) is 14.8. The smallest absolute Gasteiger partial charge is 0.241 e. The highest BCUT2D eigenvalue weighted by Crippen LogP contribution is 2.21. The molecule has 3 aromatic rings. The third kappa shape index (κ3) is 3.99. The Labute approximate surface area is 156 Å². The maximum Gasteiger partial charge on any atom is 0.241 e. The van der Waals surface area contributed by atoms with Gasteiger partial charge in [0.2, 0.25) is 5.91 Å². The summed E-state index contributed by atoms with van der Waals surface area (Å²) in [6.07, 6.45) is 5.25. The second-order valence-electron chi connectivity index (χ2n) is 6.65. The maximum absolute atomic E-state index is 13.2. The topological polar surface area (TPSA) is 85.9 Å². The number of anilines is 2. The number of hydrogen-bond acceptors (Lipinski definition) is 5. The Morgan fingerprint density at radius 3 is 3.15 bits per heavy atom. The fourth-order valence-electron chi connectivity index (χ4n) is 3.39. The number of benzene rings is 1. The summed E-state index contributed by atoms with van der Waals surface area (Å²) in [4.78, 5) is 26.0. The number of H-pyrrole nitrogens is 1. The molecule has 1 unspecified atom stereocenters. The van der Waals surface area contributed by atoms with Gasteiger partial charge in [0, 0.05) is 31.0 Å². The number of carbonyl (C=O) groups is 1. The van der Waals surface area contributed by atoms with Gasteiger partial charge < -0.3 is 20.5 Å². The molecule has 3 N–H and O–H groups in total. The Bertz CT molecular complexity index is 943. The lowest BCUT2D eigenvalue weighted by Crippen LogP contribution is -2.47. The van der Waals surface area contributed by atoms with Gasteiger partial charge in [-0.3, -0.25) is 4.79 Å². The van der Waals surface area contributed by atoms with Crippen LogP contribution in [-0.4, -0.2) is 51.4 Å². The van der Waals surface area contributed by atoms with Crippen LogP contribution in [-0.2, 0) is 4.79 Å². The molecule has 1 saturated heterocycles. The quantitative estimate of drug-likeness (QED) is 0.645. The SMILES string of the molecule is O=C(CNc1cccc(F)c1)N1CCCC(Nc2ncnc3[nH]ccc23)C1. The van der Waals surface area contributed by atoms with Crippen LogP contribution in [0.2, 0.25) is 0 Å². The van der Waals surface area contributed by atoms with Gasteiger partial charge in [0.25, 0.3) is 0 Å². The first kappa shape index (κ1) is 17.3. The predicted molar refractivity (Wildman–Crippen MR) is 102 cm³/mol. The van der Waals surface area contributed by atoms with Crippen molar-refractivity contribution < 1.29 is 9.18 Å². The molecule has 4 rings (SSSR count). The summed E-state index contributed by atoms with van der Waals surface area (Å²) in [5, 5.41) is 7.37. The molecule has 0 saturated carbocycles. The van der Waals surface area contributed by atoms with Crippen molar-refractivity contribution in [2.45, 2.75) is 18.9 Å². The Balaban J connectivity index is 1.36. The van der Waals surface area contributed by atoms with Crippen LogP contribution < -0.4 is 10.6 Å². The molecular formula is C19H21FN6O. The van der Waals surface area contributed by atoms with E-state index in [4.69, 9.17) is 0 Å². The van der Waals surface area contributed by atoms with Crippen LogP contribution in [0.3, 0.4) is 0 Å². The minimum atomic E-state index is -0.324. The number of hydrogen-bond donors (Lipinski definition) is 3. The van der Waals surface area contributed by atoms with Crippen LogP contribution in [0, 0.1) is 5.82 Å². The average Bonchev–Trinajstić information content (AvgIpc) is 3.16. The summed E-state index contributed by atoms with van der Waals surface area (Å²) < 4.78 is 13.2. The van der Waals surface area contributed by atoms with Gasteiger partial charge in [0.1, 0.15) is 23.6 Å². The van der Waals surface area contributed by atoms with E-state index in [0.29, 0.717) is 12.2 Å². The van der Waals surface area contributed by atoms with E-state index in [-0.39, 0.29) is 24.3 Å². The molecule has 140 valence electrons. The standard InChI is InChI=1S/C19H21FN6O/c20-13-3-1-4-14(9-13)22-10-17(27)26-8-2-5-15(11-26)25-19-16-6-7-21-18(16)23-12-24-19/h1,3-4,6-7,9,12,15,22H,2,5,8,10-11H2,(H2,21,23,24,25). The van der Waals surface area contributed by atoms with Crippen molar-refractivity contribution in [2.24, 2.45) is 0 Å². The van der Waals surface area contributed by atoms with Crippen molar-refractivity contribution in [1.82, 2.24) is 19.9 Å². The first-order valence-corrected chi connectivity index (χ1v) is 9.01. The van der Waals surface area contributed by atoms with E-state index >= 15 is 0 Å². The number of nitrogens with one attached hydrogen (secondary N) is 3. The number of aromatic amines is 1. The molecule has 1 atom stereocenters. The van der Waals surface area contributed by atoms with Gasteiger partial charge in [-0.1, -0.05) is 6.07 Å². The zero-order valence-corrected chi connectivity index (χ0v) is 14.8. The van der Waals surface area contributed by atoms with E-state index in [1.165, 1.54) is 18.5 Å². The number of likely N-dealkylation sites (tertiary alicyclic amines) is 1. The molecule has 0 radical (unpaired) electrons. The number of fused-ring (bicyclic) bond motifs is 1. The van der Waals surface area contributed by atoms with Crippen LogP contribution in [0.25, 0.3) is 11.0 Å². The van der Waals surface area contributed by atoms with Gasteiger partial charge in [-0.15, -0.1) is 0 Å². The van der Waals surface area contributed by atoms with Crippen molar-refractivity contribution in [3.8, 4) is 0 Å². The minimum Gasteiger partial charge on any atom is -0.376 e. The fraction of sp³-hybridized carbons (Fsp3) is 0.316. The molecule has 0 aliphatic carbocycles. The largest absolute Gasteiger partial charge is 0.376 e. The molecule has 27 heavy (non-hydrogen) atoms. The van der Waals surface area contributed by atoms with Crippen molar-refractivity contribution in [3.63, 3.8) is 0 Å². The van der Waals surface area contributed by atoms with E-state index in [1.54, 1.807) is 12.1 Å². The van der Waals surface area contributed by atoms with Crippen LogP contribution in [0.5, 0.6) is 0 Å². The molecule has 1 aliphatic heterocycles. The summed E-state index contributed by atoms with van der Waals surface area (Å²) in [5.41, 5.74) is 1.39. The molecule has 7 nitrogen and oxygen atoms in total. The lowest BCUT2D eigenvalue weighted by molar-refractivity contribution is -0.130. The van der Waals surface area contributed by atoms with E-state index in [2.05, 4.69) is 25.6 Å². The Morgan fingerprint density at radius 1 is 1.33 bits per heavy atom. The summed E-state index contributed by atoms with van der Waals surface area (Å²) in [5.74, 6) is 0.453. The second-order valence-corrected chi connectivity index (χ2v) is 6.65. The molecular weight excluding hydrogens is 347 g/mol.